The number of aliphatic hydroxyl groups is 1. The first-order chi connectivity index (χ1) is 14.8. The Labute approximate surface area is 177 Å². The van der Waals surface area contributed by atoms with Crippen LogP contribution in [0.5, 0.6) is 0 Å². The highest BCUT2D eigenvalue weighted by Crippen LogP contribution is 2.31. The molecule has 2 aromatic heterocycles. The quantitative estimate of drug-likeness (QED) is 0.493. The number of benzene rings is 1. The Bertz CT molecular complexity index is 1030. The molecule has 1 aliphatic heterocycles. The maximum absolute atomic E-state index is 13.0. The van der Waals surface area contributed by atoms with E-state index in [0.29, 0.717) is 41.8 Å². The lowest BCUT2D eigenvalue weighted by molar-refractivity contribution is -0.137. The molecule has 0 aliphatic carbocycles. The number of rotatable bonds is 7. The topological polar surface area (TPSA) is 83.7 Å². The molecule has 3 aromatic rings. The third-order valence-corrected chi connectivity index (χ3v) is 5.36. The number of hydrogen-bond donors (Lipinski definition) is 3. The minimum Gasteiger partial charge on any atom is -0.381 e. The fourth-order valence-electron chi connectivity index (χ4n) is 3.57. The number of hydrogen-bond acceptors (Lipinski definition) is 6. The average Bonchev–Trinajstić information content (AvgIpc) is 3.42. The average molecular weight is 435 g/mol. The van der Waals surface area contributed by atoms with Crippen LogP contribution in [0.15, 0.2) is 42.9 Å². The Morgan fingerprint density at radius 3 is 2.94 bits per heavy atom. The van der Waals surface area contributed by atoms with Gasteiger partial charge in [-0.2, -0.15) is 13.2 Å². The van der Waals surface area contributed by atoms with E-state index in [1.807, 2.05) is 0 Å². The Kier molecular flexibility index (Phi) is 6.12. The van der Waals surface area contributed by atoms with Crippen LogP contribution in [0.3, 0.4) is 0 Å². The number of halogens is 3. The van der Waals surface area contributed by atoms with Crippen molar-refractivity contribution in [3.63, 3.8) is 0 Å². The lowest BCUT2D eigenvalue weighted by Crippen LogP contribution is -2.27. The second-order valence-corrected chi connectivity index (χ2v) is 7.70. The van der Waals surface area contributed by atoms with E-state index >= 15 is 0 Å². The molecule has 0 bridgehead atoms. The van der Waals surface area contributed by atoms with E-state index in [2.05, 4.69) is 20.6 Å². The molecule has 166 valence electrons. The van der Waals surface area contributed by atoms with Crippen LogP contribution in [0.2, 0.25) is 0 Å². The molecular weight excluding hydrogens is 411 g/mol. The molecule has 4 rings (SSSR count). The number of nitrogens with zero attached hydrogens (tertiary/aromatic N) is 3. The van der Waals surface area contributed by atoms with Gasteiger partial charge in [0.2, 0.25) is 0 Å². The summed E-state index contributed by atoms with van der Waals surface area (Å²) in [4.78, 5) is 8.77. The van der Waals surface area contributed by atoms with Crippen LogP contribution in [0.1, 0.15) is 42.4 Å². The van der Waals surface area contributed by atoms with Gasteiger partial charge in [-0.05, 0) is 37.0 Å². The van der Waals surface area contributed by atoms with Crippen molar-refractivity contribution in [2.45, 2.75) is 31.8 Å². The molecule has 1 aliphatic rings. The minimum absolute atomic E-state index is 0.360. The normalized spacial score (nSPS) is 18.9. The van der Waals surface area contributed by atoms with E-state index in [4.69, 9.17) is 4.74 Å². The zero-order valence-corrected chi connectivity index (χ0v) is 16.9. The third kappa shape index (κ3) is 4.97. The molecule has 31 heavy (non-hydrogen) atoms. The molecule has 1 aromatic carbocycles. The van der Waals surface area contributed by atoms with Gasteiger partial charge in [0, 0.05) is 31.7 Å². The van der Waals surface area contributed by atoms with E-state index < -0.39 is 24.0 Å². The first-order valence-corrected chi connectivity index (χ1v) is 10.1. The Morgan fingerprint density at radius 1 is 1.35 bits per heavy atom. The van der Waals surface area contributed by atoms with Crippen molar-refractivity contribution in [3.8, 4) is 0 Å². The number of anilines is 1. The van der Waals surface area contributed by atoms with Crippen molar-refractivity contribution < 1.29 is 23.0 Å². The van der Waals surface area contributed by atoms with Crippen LogP contribution in [-0.4, -0.2) is 39.2 Å². The van der Waals surface area contributed by atoms with Gasteiger partial charge in [0.1, 0.15) is 11.9 Å². The molecular formula is C21H24F3N5O2. The van der Waals surface area contributed by atoms with Crippen molar-refractivity contribution in [1.82, 2.24) is 19.7 Å². The van der Waals surface area contributed by atoms with Crippen LogP contribution < -0.4 is 10.6 Å². The van der Waals surface area contributed by atoms with Crippen LogP contribution in [0.25, 0.3) is 5.65 Å². The van der Waals surface area contributed by atoms with Crippen molar-refractivity contribution in [2.24, 2.45) is 5.92 Å². The number of ether oxygens (including phenoxy) is 1. The van der Waals surface area contributed by atoms with Crippen molar-refractivity contribution >= 4 is 11.5 Å². The maximum Gasteiger partial charge on any atom is 0.416 e. The summed E-state index contributed by atoms with van der Waals surface area (Å²) < 4.78 is 46.1. The minimum atomic E-state index is -4.40. The van der Waals surface area contributed by atoms with E-state index in [0.717, 1.165) is 25.2 Å². The molecule has 0 amide bonds. The molecule has 3 N–H and O–H groups in total. The Hall–Kier alpha value is -2.69. The van der Waals surface area contributed by atoms with Gasteiger partial charge in [-0.1, -0.05) is 12.1 Å². The van der Waals surface area contributed by atoms with Gasteiger partial charge in [0.05, 0.1) is 18.2 Å². The van der Waals surface area contributed by atoms with E-state index in [1.165, 1.54) is 6.07 Å². The lowest BCUT2D eigenvalue weighted by Gasteiger charge is -2.17. The SMILES string of the molecule is C[C@@H](Nc1nccn2cc([C@@H](O)NC[C@H]3CCOC3)nc12)c1cccc(C(F)(F)F)c1. The third-order valence-electron chi connectivity index (χ3n) is 5.36. The highest BCUT2D eigenvalue weighted by Gasteiger charge is 2.30. The summed E-state index contributed by atoms with van der Waals surface area (Å²) in [5, 5.41) is 16.7. The van der Waals surface area contributed by atoms with Gasteiger partial charge in [-0.15, -0.1) is 0 Å². The van der Waals surface area contributed by atoms with Crippen LogP contribution >= 0.6 is 0 Å². The Morgan fingerprint density at radius 2 is 2.19 bits per heavy atom. The maximum atomic E-state index is 13.0. The van der Waals surface area contributed by atoms with Crippen molar-refractivity contribution in [1.29, 1.82) is 0 Å². The first-order valence-electron chi connectivity index (χ1n) is 10.1. The fraction of sp³-hybridized carbons (Fsp3) is 0.429. The number of fused-ring (bicyclic) bond motifs is 1. The van der Waals surface area contributed by atoms with Crippen LogP contribution in [0, 0.1) is 5.92 Å². The fourth-order valence-corrected chi connectivity index (χ4v) is 3.57. The van der Waals surface area contributed by atoms with E-state index in [-0.39, 0.29) is 0 Å². The molecule has 0 unspecified atom stereocenters. The summed E-state index contributed by atoms with van der Waals surface area (Å²) in [5.41, 5.74) is 0.684. The van der Waals surface area contributed by atoms with Crippen molar-refractivity contribution in [3.05, 3.63) is 59.7 Å². The molecule has 7 nitrogen and oxygen atoms in total. The molecule has 3 heterocycles. The van der Waals surface area contributed by atoms with Crippen LogP contribution in [-0.2, 0) is 10.9 Å². The molecule has 1 fully saturated rings. The van der Waals surface area contributed by atoms with Crippen molar-refractivity contribution in [2.75, 3.05) is 25.1 Å². The van der Waals surface area contributed by atoms with Gasteiger partial charge < -0.3 is 19.6 Å². The summed E-state index contributed by atoms with van der Waals surface area (Å²) in [7, 11) is 0. The smallest absolute Gasteiger partial charge is 0.381 e. The van der Waals surface area contributed by atoms with Gasteiger partial charge in [-0.25, -0.2) is 9.97 Å². The second-order valence-electron chi connectivity index (χ2n) is 7.70. The molecule has 0 spiro atoms. The standard InChI is InChI=1S/C21H24F3N5O2/c1-13(15-3-2-4-16(9-15)21(22,23)24)27-18-19-28-17(11-29(19)7-6-25-18)20(30)26-10-14-5-8-31-12-14/h2-4,6-7,9,11,13-14,20,26,30H,5,8,10,12H2,1H3,(H,25,27)/t13-,14-,20-/m1/s1. The highest BCUT2D eigenvalue weighted by molar-refractivity contribution is 5.63. The molecule has 1 saturated heterocycles. The van der Waals surface area contributed by atoms with E-state index in [9.17, 15) is 18.3 Å². The van der Waals surface area contributed by atoms with Gasteiger partial charge in [0.15, 0.2) is 11.5 Å². The predicted molar refractivity (Wildman–Crippen MR) is 108 cm³/mol. The molecule has 0 radical (unpaired) electrons. The van der Waals surface area contributed by atoms with Gasteiger partial charge in [-0.3, -0.25) is 5.32 Å². The molecule has 10 heteroatoms. The lowest BCUT2D eigenvalue weighted by atomic mass is 10.0. The highest BCUT2D eigenvalue weighted by atomic mass is 19.4. The summed E-state index contributed by atoms with van der Waals surface area (Å²) in [6, 6.07) is 4.74. The monoisotopic (exact) mass is 435 g/mol. The summed E-state index contributed by atoms with van der Waals surface area (Å²) in [6.07, 6.45) is 0.559. The van der Waals surface area contributed by atoms with Gasteiger partial charge in [0.25, 0.3) is 0 Å². The number of aromatic nitrogens is 3. The van der Waals surface area contributed by atoms with E-state index in [1.54, 1.807) is 36.0 Å². The number of alkyl halides is 3. The zero-order valence-electron chi connectivity index (χ0n) is 16.9. The summed E-state index contributed by atoms with van der Waals surface area (Å²) >= 11 is 0. The van der Waals surface area contributed by atoms with Crippen LogP contribution in [0.4, 0.5) is 19.0 Å². The first kappa shape index (κ1) is 21.5. The second kappa shape index (κ2) is 8.81. The summed E-state index contributed by atoms with van der Waals surface area (Å²) in [6.45, 7) is 3.79. The largest absolute Gasteiger partial charge is 0.416 e. The predicted octanol–water partition coefficient (Wildman–Crippen LogP) is 3.54. The molecule has 0 saturated carbocycles. The number of nitrogens with one attached hydrogen (secondary N) is 2. The zero-order chi connectivity index (χ0) is 22.0. The summed E-state index contributed by atoms with van der Waals surface area (Å²) in [5.74, 6) is 0.772. The number of imidazole rings is 1. The van der Waals surface area contributed by atoms with Gasteiger partial charge >= 0.3 is 6.18 Å². The Balaban J connectivity index is 1.50. The number of aliphatic hydroxyl groups excluding tert-OH is 1. The molecule has 3 atom stereocenters.